The Kier molecular flexibility index (Phi) is 8.47. The van der Waals surface area contributed by atoms with Crippen LogP contribution in [-0.4, -0.2) is 48.8 Å². The molecule has 0 saturated heterocycles. The van der Waals surface area contributed by atoms with Crippen LogP contribution in [0.1, 0.15) is 23.1 Å². The zero-order valence-corrected chi connectivity index (χ0v) is 19.6. The Morgan fingerprint density at radius 2 is 1.85 bits per heavy atom. The highest BCUT2D eigenvalue weighted by molar-refractivity contribution is 7.14. The number of aliphatic hydroxyl groups excluding tert-OH is 1. The number of methoxy groups -OCH3 is 1. The second-order valence-electron chi connectivity index (χ2n) is 7.76. The van der Waals surface area contributed by atoms with Gasteiger partial charge in [-0.25, -0.2) is 0 Å². The molecule has 0 spiro atoms. The van der Waals surface area contributed by atoms with Crippen molar-refractivity contribution in [1.82, 2.24) is 10.2 Å². The Hall–Kier alpha value is -2.73. The molecule has 34 heavy (non-hydrogen) atoms. The van der Waals surface area contributed by atoms with Crippen LogP contribution in [0.4, 0.5) is 13.2 Å². The summed E-state index contributed by atoms with van der Waals surface area (Å²) in [6.45, 7) is 1.69. The normalized spacial score (nSPS) is 13.5. The lowest BCUT2D eigenvalue weighted by molar-refractivity contribution is -0.139. The molecule has 0 amide bonds. The van der Waals surface area contributed by atoms with Gasteiger partial charge in [-0.2, -0.15) is 13.2 Å². The molecule has 0 aliphatic heterocycles. The van der Waals surface area contributed by atoms with Crippen LogP contribution in [0.15, 0.2) is 42.5 Å². The summed E-state index contributed by atoms with van der Waals surface area (Å²) in [6, 6.07) is 11.3. The van der Waals surface area contributed by atoms with Crippen LogP contribution in [0.5, 0.6) is 11.5 Å². The molecule has 2 aromatic carbocycles. The fraction of sp³-hybridized carbons (Fsp3) is 0.391. The summed E-state index contributed by atoms with van der Waals surface area (Å²) in [5.41, 5.74) is 5.14. The van der Waals surface area contributed by atoms with E-state index in [1.807, 2.05) is 24.3 Å². The molecule has 0 bridgehead atoms. The molecule has 1 aromatic heterocycles. The number of halogens is 3. The molecule has 7 nitrogen and oxygen atoms in total. The number of aliphatic hydroxyl groups is 1. The van der Waals surface area contributed by atoms with Crippen LogP contribution in [0.2, 0.25) is 0 Å². The lowest BCUT2D eigenvalue weighted by atomic mass is 10.1. The molecule has 0 aliphatic rings. The number of hydrogen-bond acceptors (Lipinski definition) is 8. The van der Waals surface area contributed by atoms with Crippen molar-refractivity contribution in [3.05, 3.63) is 58.6 Å². The van der Waals surface area contributed by atoms with Gasteiger partial charge in [0.1, 0.15) is 28.1 Å². The standard InChI is InChI=1S/C23H26F3N3O4S/c1-22(27,14-30)21-29-28-20(34-21)16-6-7-19(18(13-16)23(24,25)26)33-11-10-32-9-8-15-4-3-5-17(12-15)31-2/h3-7,12-13,30H,8-11,14,27H2,1-2H3/t22-/m0/s1. The van der Waals surface area contributed by atoms with Gasteiger partial charge in [0, 0.05) is 5.56 Å². The van der Waals surface area contributed by atoms with Gasteiger partial charge < -0.3 is 25.1 Å². The van der Waals surface area contributed by atoms with Gasteiger partial charge in [0.15, 0.2) is 0 Å². The Bertz CT molecular complexity index is 1090. The highest BCUT2D eigenvalue weighted by Crippen LogP contribution is 2.39. The molecule has 0 unspecified atom stereocenters. The van der Waals surface area contributed by atoms with Crippen molar-refractivity contribution in [2.24, 2.45) is 5.73 Å². The van der Waals surface area contributed by atoms with Gasteiger partial charge in [-0.1, -0.05) is 23.5 Å². The summed E-state index contributed by atoms with van der Waals surface area (Å²) >= 11 is 1.03. The van der Waals surface area contributed by atoms with Crippen LogP contribution in [0, 0.1) is 0 Å². The van der Waals surface area contributed by atoms with Gasteiger partial charge in [-0.3, -0.25) is 0 Å². The molecular formula is C23H26F3N3O4S. The van der Waals surface area contributed by atoms with Crippen LogP contribution in [0.25, 0.3) is 10.6 Å². The van der Waals surface area contributed by atoms with Gasteiger partial charge in [0.05, 0.1) is 38.0 Å². The molecule has 3 N–H and O–H groups in total. The summed E-state index contributed by atoms with van der Waals surface area (Å²) in [6.07, 6.45) is -3.98. The van der Waals surface area contributed by atoms with Crippen LogP contribution in [-0.2, 0) is 22.9 Å². The Morgan fingerprint density at radius 3 is 2.56 bits per heavy atom. The van der Waals surface area contributed by atoms with Crippen molar-refractivity contribution in [2.75, 3.05) is 33.5 Å². The Morgan fingerprint density at radius 1 is 1.06 bits per heavy atom. The molecule has 0 aliphatic carbocycles. The molecular weight excluding hydrogens is 471 g/mol. The molecule has 0 fully saturated rings. The first-order valence-electron chi connectivity index (χ1n) is 10.4. The zero-order valence-electron chi connectivity index (χ0n) is 18.8. The van der Waals surface area contributed by atoms with E-state index >= 15 is 0 Å². The van der Waals surface area contributed by atoms with Gasteiger partial charge >= 0.3 is 6.18 Å². The molecule has 3 rings (SSSR count). The summed E-state index contributed by atoms with van der Waals surface area (Å²) in [7, 11) is 1.59. The first-order valence-corrected chi connectivity index (χ1v) is 11.2. The number of hydrogen-bond donors (Lipinski definition) is 2. The van der Waals surface area contributed by atoms with Gasteiger partial charge in [0.25, 0.3) is 0 Å². The first-order chi connectivity index (χ1) is 16.1. The summed E-state index contributed by atoms with van der Waals surface area (Å²) in [5, 5.41) is 17.8. The smallest absolute Gasteiger partial charge is 0.419 e. The third-order valence-corrected chi connectivity index (χ3v) is 6.18. The van der Waals surface area contributed by atoms with Gasteiger partial charge in [0.2, 0.25) is 0 Å². The number of nitrogens with two attached hydrogens (primary N) is 1. The summed E-state index contributed by atoms with van der Waals surface area (Å²) in [5.74, 6) is 0.454. The molecule has 184 valence electrons. The minimum atomic E-state index is -4.63. The van der Waals surface area contributed by atoms with E-state index in [2.05, 4.69) is 10.2 Å². The van der Waals surface area contributed by atoms with Crippen molar-refractivity contribution in [2.45, 2.75) is 25.1 Å². The average molecular weight is 498 g/mol. The molecule has 3 aromatic rings. The highest BCUT2D eigenvalue weighted by atomic mass is 32.1. The van der Waals surface area contributed by atoms with Crippen molar-refractivity contribution in [3.63, 3.8) is 0 Å². The van der Waals surface area contributed by atoms with E-state index in [0.717, 1.165) is 28.7 Å². The maximum absolute atomic E-state index is 13.7. The molecule has 0 saturated carbocycles. The molecule has 0 radical (unpaired) electrons. The van der Waals surface area contributed by atoms with E-state index in [1.165, 1.54) is 12.1 Å². The molecule has 1 heterocycles. The minimum Gasteiger partial charge on any atom is -0.497 e. The minimum absolute atomic E-state index is 0.0362. The predicted octanol–water partition coefficient (Wildman–Crippen LogP) is 4.04. The van der Waals surface area contributed by atoms with E-state index in [9.17, 15) is 18.3 Å². The van der Waals surface area contributed by atoms with E-state index < -0.39 is 17.3 Å². The maximum atomic E-state index is 13.7. The topological polar surface area (TPSA) is 99.7 Å². The summed E-state index contributed by atoms with van der Waals surface area (Å²) in [4.78, 5) is 0. The van der Waals surface area contributed by atoms with Crippen LogP contribution < -0.4 is 15.2 Å². The third kappa shape index (κ3) is 6.66. The monoisotopic (exact) mass is 497 g/mol. The van der Waals surface area contributed by atoms with E-state index in [0.29, 0.717) is 18.0 Å². The van der Waals surface area contributed by atoms with E-state index in [4.69, 9.17) is 19.9 Å². The fourth-order valence-electron chi connectivity index (χ4n) is 2.98. The van der Waals surface area contributed by atoms with Crippen molar-refractivity contribution >= 4 is 11.3 Å². The van der Waals surface area contributed by atoms with Crippen LogP contribution in [0.3, 0.4) is 0 Å². The zero-order chi connectivity index (χ0) is 24.8. The number of benzene rings is 2. The van der Waals surface area contributed by atoms with Crippen molar-refractivity contribution < 1.29 is 32.5 Å². The number of nitrogens with zero attached hydrogens (tertiary/aromatic N) is 2. The third-order valence-electron chi connectivity index (χ3n) is 4.93. The average Bonchev–Trinajstić information content (AvgIpc) is 3.32. The second kappa shape index (κ2) is 11.1. The largest absolute Gasteiger partial charge is 0.497 e. The SMILES string of the molecule is COc1cccc(CCOCCOc2ccc(-c3nnc([C@@](C)(N)CO)s3)cc2C(F)(F)F)c1. The predicted molar refractivity (Wildman–Crippen MR) is 122 cm³/mol. The maximum Gasteiger partial charge on any atom is 0.419 e. The number of alkyl halides is 3. The van der Waals surface area contributed by atoms with Crippen LogP contribution >= 0.6 is 11.3 Å². The number of ether oxygens (including phenoxy) is 3. The Labute approximate surface area is 199 Å². The summed E-state index contributed by atoms with van der Waals surface area (Å²) < 4.78 is 57.0. The molecule has 1 atom stereocenters. The number of aromatic nitrogens is 2. The van der Waals surface area contributed by atoms with E-state index in [1.54, 1.807) is 14.0 Å². The first kappa shape index (κ1) is 25.9. The quantitative estimate of drug-likeness (QED) is 0.386. The fourth-order valence-corrected chi connectivity index (χ4v) is 3.87. The van der Waals surface area contributed by atoms with E-state index in [-0.39, 0.29) is 36.1 Å². The highest BCUT2D eigenvalue weighted by Gasteiger charge is 2.35. The van der Waals surface area contributed by atoms with Crippen molar-refractivity contribution in [3.8, 4) is 22.1 Å². The Balaban J connectivity index is 1.60. The number of rotatable bonds is 11. The lowest BCUT2D eigenvalue weighted by Gasteiger charge is -2.17. The van der Waals surface area contributed by atoms with Gasteiger partial charge in [-0.15, -0.1) is 10.2 Å². The van der Waals surface area contributed by atoms with Crippen molar-refractivity contribution in [1.29, 1.82) is 0 Å². The second-order valence-corrected chi connectivity index (χ2v) is 8.74. The lowest BCUT2D eigenvalue weighted by Crippen LogP contribution is -2.36. The molecule has 11 heteroatoms. The van der Waals surface area contributed by atoms with Gasteiger partial charge in [-0.05, 0) is 49.2 Å².